The molecule has 0 amide bonds. The average Bonchev–Trinajstić information content (AvgIpc) is 3.30. The normalized spacial score (nSPS) is 12.0. The first-order valence-corrected chi connectivity index (χ1v) is 20.5. The van der Waals surface area contributed by atoms with Gasteiger partial charge in [0.05, 0.1) is 11.4 Å². The van der Waals surface area contributed by atoms with Gasteiger partial charge in [-0.05, 0) is 118 Å². The molecule has 0 spiro atoms. The molecule has 0 saturated carbocycles. The third-order valence-corrected chi connectivity index (χ3v) is 11.5. The number of anilines is 6. The molecule has 9 aromatic carbocycles. The highest BCUT2D eigenvalue weighted by atomic mass is 16.5. The molecule has 4 heteroatoms. The van der Waals surface area contributed by atoms with Crippen LogP contribution in [0.1, 0.15) is 22.3 Å². The van der Waals surface area contributed by atoms with E-state index in [4.69, 9.17) is 9.47 Å². The molecule has 2 aliphatic heterocycles. The van der Waals surface area contributed by atoms with Crippen molar-refractivity contribution < 1.29 is 9.47 Å². The minimum absolute atomic E-state index is 0.758. The number of hydrogen-bond acceptors (Lipinski definition) is 4. The zero-order valence-electron chi connectivity index (χ0n) is 32.9. The van der Waals surface area contributed by atoms with Gasteiger partial charge in [-0.1, -0.05) is 152 Å². The smallest absolute Gasteiger partial charge is 0.155 e. The van der Waals surface area contributed by atoms with E-state index in [-0.39, 0.29) is 0 Å². The molecule has 2 aliphatic rings. The molecule has 0 aromatic heterocycles. The maximum atomic E-state index is 6.77. The summed E-state index contributed by atoms with van der Waals surface area (Å²) in [6.07, 6.45) is 1.64. The Bertz CT molecular complexity index is 2980. The van der Waals surface area contributed by atoms with E-state index in [1.54, 1.807) is 0 Å². The first-order valence-electron chi connectivity index (χ1n) is 20.5. The first-order chi connectivity index (χ1) is 29.7. The Kier molecular flexibility index (Phi) is 8.94. The predicted octanol–water partition coefficient (Wildman–Crippen LogP) is 15.4. The molecule has 286 valence electrons. The lowest BCUT2D eigenvalue weighted by atomic mass is 9.89. The summed E-state index contributed by atoms with van der Waals surface area (Å²) < 4.78 is 13.1. The highest BCUT2D eigenvalue weighted by Gasteiger charge is 2.35. The average molecular weight is 773 g/mol. The van der Waals surface area contributed by atoms with Gasteiger partial charge in [0.2, 0.25) is 0 Å². The van der Waals surface area contributed by atoms with Crippen molar-refractivity contribution in [3.05, 3.63) is 241 Å². The van der Waals surface area contributed by atoms with Crippen LogP contribution >= 0.6 is 0 Å². The molecular formula is C56H40N2O2. The minimum atomic E-state index is 0.758. The second kappa shape index (κ2) is 15.2. The largest absolute Gasteiger partial charge is 0.453 e. The fraction of sp³-hybridized carbons (Fsp3) is 0.0357. The zero-order valence-corrected chi connectivity index (χ0v) is 32.9. The van der Waals surface area contributed by atoms with Gasteiger partial charge in [-0.25, -0.2) is 0 Å². The van der Waals surface area contributed by atoms with Crippen LogP contribution in [0.15, 0.2) is 218 Å². The fourth-order valence-corrected chi connectivity index (χ4v) is 8.71. The summed E-state index contributed by atoms with van der Waals surface area (Å²) in [7, 11) is 0. The van der Waals surface area contributed by atoms with Crippen molar-refractivity contribution in [2.75, 3.05) is 9.80 Å². The van der Waals surface area contributed by atoms with Crippen molar-refractivity contribution in [1.82, 2.24) is 0 Å². The van der Waals surface area contributed by atoms with Gasteiger partial charge in [-0.3, -0.25) is 4.90 Å². The molecule has 0 radical (unpaired) electrons. The molecule has 2 heterocycles. The van der Waals surface area contributed by atoms with Crippen LogP contribution in [0.3, 0.4) is 0 Å². The van der Waals surface area contributed by atoms with E-state index in [1.165, 1.54) is 44.5 Å². The van der Waals surface area contributed by atoms with E-state index in [2.05, 4.69) is 198 Å². The Morgan fingerprint density at radius 3 is 1.62 bits per heavy atom. The topological polar surface area (TPSA) is 24.9 Å². The lowest BCUT2D eigenvalue weighted by Crippen LogP contribution is -2.20. The number of rotatable bonds is 9. The fourth-order valence-electron chi connectivity index (χ4n) is 8.71. The van der Waals surface area contributed by atoms with Crippen LogP contribution in [0.4, 0.5) is 34.1 Å². The highest BCUT2D eigenvalue weighted by molar-refractivity contribution is 5.95. The van der Waals surface area contributed by atoms with E-state index in [0.717, 1.165) is 70.0 Å². The summed E-state index contributed by atoms with van der Waals surface area (Å²) in [5.41, 5.74) is 15.9. The third kappa shape index (κ3) is 6.54. The molecular weight excluding hydrogens is 733 g/mol. The number of para-hydroxylation sites is 3. The van der Waals surface area contributed by atoms with E-state index >= 15 is 0 Å². The first kappa shape index (κ1) is 35.4. The lowest BCUT2D eigenvalue weighted by molar-refractivity contribution is 0.446. The Hall–Kier alpha value is -7.82. The molecule has 0 atom stereocenters. The van der Waals surface area contributed by atoms with Crippen molar-refractivity contribution in [3.8, 4) is 45.3 Å². The van der Waals surface area contributed by atoms with Gasteiger partial charge in [0.1, 0.15) is 5.69 Å². The number of nitrogens with zero attached hydrogens (tertiary/aromatic N) is 2. The maximum absolute atomic E-state index is 6.77. The molecule has 0 unspecified atom stereocenters. The third-order valence-electron chi connectivity index (χ3n) is 11.5. The molecule has 4 nitrogen and oxygen atoms in total. The molecule has 0 N–H and O–H groups in total. The standard InChI is InChI=1S/C56H40N2O2/c1-4-15-39(16-5-1)35-43-21-10-11-22-48(43)49-33-31-46(37-44(49)36-40-17-6-2-7-18-40)57(45-29-27-42(28-30-45)41-19-8-3-9-20-41)47-32-34-51-55(38-47)60-54-26-14-25-53-56(54)58(51)50-23-12-13-24-52(50)59-53/h1-34,37-38H,35-36H2. The van der Waals surface area contributed by atoms with Gasteiger partial charge in [-0.2, -0.15) is 0 Å². The summed E-state index contributed by atoms with van der Waals surface area (Å²) in [4.78, 5) is 4.62. The molecule has 0 bridgehead atoms. The highest BCUT2D eigenvalue weighted by Crippen LogP contribution is 2.60. The molecule has 0 aliphatic carbocycles. The molecule has 0 saturated heterocycles. The van der Waals surface area contributed by atoms with Gasteiger partial charge >= 0.3 is 0 Å². The van der Waals surface area contributed by atoms with Crippen LogP contribution in [0, 0.1) is 0 Å². The van der Waals surface area contributed by atoms with Crippen LogP contribution in [-0.2, 0) is 12.8 Å². The number of benzene rings is 9. The van der Waals surface area contributed by atoms with Crippen molar-refractivity contribution in [1.29, 1.82) is 0 Å². The van der Waals surface area contributed by atoms with Gasteiger partial charge in [-0.15, -0.1) is 0 Å². The SMILES string of the molecule is c1ccc(Cc2ccccc2-c2ccc(N(c3ccc(-c4ccccc4)cc3)c3ccc4c(c3)Oc3cccc5c3N4c3ccccc3O5)cc2Cc2ccccc2)cc1. The van der Waals surface area contributed by atoms with Crippen molar-refractivity contribution in [2.45, 2.75) is 12.8 Å². The summed E-state index contributed by atoms with van der Waals surface area (Å²) in [6.45, 7) is 0. The Morgan fingerprint density at radius 1 is 0.350 bits per heavy atom. The number of hydrogen-bond donors (Lipinski definition) is 0. The van der Waals surface area contributed by atoms with Crippen molar-refractivity contribution in [3.63, 3.8) is 0 Å². The lowest BCUT2D eigenvalue weighted by Gasteiger charge is -2.38. The number of fused-ring (bicyclic) bond motifs is 4. The van der Waals surface area contributed by atoms with Crippen molar-refractivity contribution in [2.24, 2.45) is 0 Å². The van der Waals surface area contributed by atoms with E-state index < -0.39 is 0 Å². The van der Waals surface area contributed by atoms with E-state index in [0.29, 0.717) is 0 Å². The predicted molar refractivity (Wildman–Crippen MR) is 245 cm³/mol. The Balaban J connectivity index is 1.06. The second-order valence-electron chi connectivity index (χ2n) is 15.3. The summed E-state index contributed by atoms with van der Waals surface area (Å²) in [5.74, 6) is 3.12. The quantitative estimate of drug-likeness (QED) is 0.146. The summed E-state index contributed by atoms with van der Waals surface area (Å²) in [6, 6.07) is 77.6. The van der Waals surface area contributed by atoms with Crippen LogP contribution in [-0.4, -0.2) is 0 Å². The van der Waals surface area contributed by atoms with Crippen LogP contribution in [0.25, 0.3) is 22.3 Å². The van der Waals surface area contributed by atoms with Crippen LogP contribution in [0.5, 0.6) is 23.0 Å². The van der Waals surface area contributed by atoms with Crippen molar-refractivity contribution >= 4 is 34.1 Å². The second-order valence-corrected chi connectivity index (χ2v) is 15.3. The maximum Gasteiger partial charge on any atom is 0.155 e. The van der Waals surface area contributed by atoms with Crippen LogP contribution in [0.2, 0.25) is 0 Å². The summed E-state index contributed by atoms with van der Waals surface area (Å²) >= 11 is 0. The Morgan fingerprint density at radius 2 is 0.867 bits per heavy atom. The van der Waals surface area contributed by atoms with E-state index in [1.807, 2.05) is 30.3 Å². The molecule has 11 rings (SSSR count). The summed E-state index contributed by atoms with van der Waals surface area (Å²) in [5, 5.41) is 0. The molecule has 60 heavy (non-hydrogen) atoms. The van der Waals surface area contributed by atoms with Gasteiger partial charge in [0.15, 0.2) is 23.0 Å². The molecule has 9 aromatic rings. The van der Waals surface area contributed by atoms with Crippen LogP contribution < -0.4 is 19.3 Å². The van der Waals surface area contributed by atoms with E-state index in [9.17, 15) is 0 Å². The van der Waals surface area contributed by atoms with Gasteiger partial charge in [0, 0.05) is 23.1 Å². The zero-order chi connectivity index (χ0) is 39.8. The Labute approximate surface area is 350 Å². The molecule has 0 fully saturated rings. The number of ether oxygens (including phenoxy) is 2. The minimum Gasteiger partial charge on any atom is -0.453 e. The van der Waals surface area contributed by atoms with Gasteiger partial charge in [0.25, 0.3) is 0 Å². The van der Waals surface area contributed by atoms with Gasteiger partial charge < -0.3 is 14.4 Å². The monoisotopic (exact) mass is 772 g/mol.